The van der Waals surface area contributed by atoms with E-state index in [9.17, 15) is 43.2 Å². The topological polar surface area (TPSA) is 237 Å². The summed E-state index contributed by atoms with van der Waals surface area (Å²) in [7, 11) is -9.91. The fourth-order valence-corrected chi connectivity index (χ4v) is 13.0. The number of hydrogen-bond donors (Lipinski definition) is 3. The molecule has 0 fully saturated rings. The van der Waals surface area contributed by atoms with Gasteiger partial charge in [0.25, 0.3) is 0 Å². The van der Waals surface area contributed by atoms with Crippen molar-refractivity contribution < 1.29 is 80.2 Å². The summed E-state index contributed by atoms with van der Waals surface area (Å²) in [4.78, 5) is 72.8. The molecule has 5 atom stereocenters. The lowest BCUT2D eigenvalue weighted by Gasteiger charge is -2.21. The van der Waals surface area contributed by atoms with Crippen LogP contribution in [-0.4, -0.2) is 96.7 Å². The van der Waals surface area contributed by atoms with Crippen LogP contribution >= 0.6 is 15.6 Å². The Hall–Kier alpha value is -1.94. The van der Waals surface area contributed by atoms with E-state index in [1.165, 1.54) is 193 Å². The molecule has 19 heteroatoms. The van der Waals surface area contributed by atoms with Crippen molar-refractivity contribution in [2.24, 2.45) is 17.8 Å². The second-order valence-electron chi connectivity index (χ2n) is 28.5. The number of carbonyl (C=O) groups excluding carboxylic acids is 4. The van der Waals surface area contributed by atoms with E-state index in [1.54, 1.807) is 0 Å². The zero-order valence-corrected chi connectivity index (χ0v) is 63.2. The van der Waals surface area contributed by atoms with E-state index in [0.29, 0.717) is 25.7 Å². The van der Waals surface area contributed by atoms with Gasteiger partial charge in [0.1, 0.15) is 19.3 Å². The van der Waals surface area contributed by atoms with Crippen LogP contribution in [0.25, 0.3) is 0 Å². The highest BCUT2D eigenvalue weighted by molar-refractivity contribution is 7.47. The molecule has 0 aromatic heterocycles. The Morgan fingerprint density at radius 2 is 0.489 bits per heavy atom. The highest BCUT2D eigenvalue weighted by Crippen LogP contribution is 2.45. The minimum atomic E-state index is -4.96. The van der Waals surface area contributed by atoms with Crippen LogP contribution in [0.4, 0.5) is 0 Å². The van der Waals surface area contributed by atoms with Gasteiger partial charge in [-0.25, -0.2) is 9.13 Å². The SMILES string of the molecule is CCCCCCCCCCCCCCCC(=O)O[C@H](COC(=O)CCCCCCCCCCCC(C)C)COP(=O)(O)OC[C@H](O)COP(=O)(O)OC[C@@H](COC(=O)CCCCCCCCCCCCCC(C)C)OC(=O)CCCCCCCCCCCCCCC(C)C. The molecule has 0 bridgehead atoms. The van der Waals surface area contributed by atoms with Crippen molar-refractivity contribution in [1.29, 1.82) is 0 Å². The Balaban J connectivity index is 5.27. The number of hydrogen-bond acceptors (Lipinski definition) is 15. The number of ether oxygens (including phenoxy) is 4. The van der Waals surface area contributed by atoms with E-state index in [1.807, 2.05) is 0 Å². The molecule has 0 saturated carbocycles. The van der Waals surface area contributed by atoms with E-state index < -0.39 is 97.5 Å². The van der Waals surface area contributed by atoms with Crippen LogP contribution < -0.4 is 0 Å². The molecule has 3 N–H and O–H groups in total. The zero-order valence-electron chi connectivity index (χ0n) is 61.4. The maximum Gasteiger partial charge on any atom is 0.472 e. The Labute approximate surface area is 575 Å². The fraction of sp³-hybridized carbons (Fsp3) is 0.947. The maximum atomic E-state index is 13.1. The smallest absolute Gasteiger partial charge is 0.462 e. The monoisotopic (exact) mass is 1380 g/mol. The first-order valence-corrected chi connectivity index (χ1v) is 41.8. The number of aliphatic hydroxyl groups is 1. The third-order valence-corrected chi connectivity index (χ3v) is 19.3. The van der Waals surface area contributed by atoms with Crippen molar-refractivity contribution in [3.63, 3.8) is 0 Å². The van der Waals surface area contributed by atoms with Crippen molar-refractivity contribution in [2.75, 3.05) is 39.6 Å². The predicted octanol–water partition coefficient (Wildman–Crippen LogP) is 21.8. The van der Waals surface area contributed by atoms with Crippen LogP contribution in [0.3, 0.4) is 0 Å². The normalized spacial score (nSPS) is 14.1. The summed E-state index contributed by atoms with van der Waals surface area (Å²) < 4.78 is 68.5. The Morgan fingerprint density at radius 3 is 0.723 bits per heavy atom. The number of esters is 4. The number of phosphoric acid groups is 2. The van der Waals surface area contributed by atoms with Gasteiger partial charge in [0.15, 0.2) is 12.2 Å². The number of carbonyl (C=O) groups is 4. The molecular weight excluding hydrogens is 1230 g/mol. The third kappa shape index (κ3) is 68.6. The Bertz CT molecular complexity index is 1840. The molecule has 0 aliphatic rings. The predicted molar refractivity (Wildman–Crippen MR) is 381 cm³/mol. The number of aliphatic hydroxyl groups excluding tert-OH is 1. The van der Waals surface area contributed by atoms with Gasteiger partial charge in [-0.05, 0) is 43.4 Å². The van der Waals surface area contributed by atoms with Crippen molar-refractivity contribution in [3.8, 4) is 0 Å². The van der Waals surface area contributed by atoms with Gasteiger partial charge in [-0.1, -0.05) is 331 Å². The highest BCUT2D eigenvalue weighted by Gasteiger charge is 2.30. The molecule has 0 aliphatic heterocycles. The largest absolute Gasteiger partial charge is 0.472 e. The molecule has 2 unspecified atom stereocenters. The van der Waals surface area contributed by atoms with Crippen molar-refractivity contribution >= 4 is 39.5 Å². The average Bonchev–Trinajstić information content (AvgIpc) is 1.56. The second kappa shape index (κ2) is 65.7. The molecular formula is C75H146O17P2. The summed E-state index contributed by atoms with van der Waals surface area (Å²) in [6, 6.07) is 0. The van der Waals surface area contributed by atoms with Crippen molar-refractivity contribution in [1.82, 2.24) is 0 Å². The molecule has 0 amide bonds. The van der Waals surface area contributed by atoms with Crippen LogP contribution in [0.2, 0.25) is 0 Å². The molecule has 0 radical (unpaired) electrons. The standard InChI is InChI=1S/C75H146O17P2/c1-8-9-10-11-12-13-14-15-21-29-37-44-51-58-74(79)92-71(63-86-73(78)57-50-43-36-31-24-27-34-41-48-55-68(6)7)65-90-94(83,84)88-61-69(76)60-87-93(81,82)89-64-70(62-85-72(77)56-49-42-35-28-23-18-20-26-33-40-47-54-67(4)5)91-75(80)59-52-45-38-30-22-17-16-19-25-32-39-46-53-66(2)3/h66-71,76H,8-65H2,1-7H3,(H,81,82)(H,83,84)/t69-,70-,71-/m1/s1. The molecule has 0 aromatic carbocycles. The minimum absolute atomic E-state index is 0.107. The van der Waals surface area contributed by atoms with Gasteiger partial charge >= 0.3 is 39.5 Å². The fourth-order valence-electron chi connectivity index (χ4n) is 11.4. The summed E-state index contributed by atoms with van der Waals surface area (Å²) in [6.45, 7) is 11.9. The average molecular weight is 1380 g/mol. The molecule has 0 rings (SSSR count). The molecule has 0 heterocycles. The van der Waals surface area contributed by atoms with E-state index >= 15 is 0 Å². The summed E-state index contributed by atoms with van der Waals surface area (Å²) in [6.07, 6.45) is 51.2. The molecule has 0 saturated heterocycles. The van der Waals surface area contributed by atoms with E-state index in [0.717, 1.165) is 108 Å². The van der Waals surface area contributed by atoms with Gasteiger partial charge in [0, 0.05) is 25.7 Å². The maximum absolute atomic E-state index is 13.1. The zero-order chi connectivity index (χ0) is 69.4. The minimum Gasteiger partial charge on any atom is -0.462 e. The van der Waals surface area contributed by atoms with Gasteiger partial charge in [-0.15, -0.1) is 0 Å². The third-order valence-electron chi connectivity index (χ3n) is 17.4. The Kier molecular flexibility index (Phi) is 64.3. The molecule has 0 spiro atoms. The Morgan fingerprint density at radius 1 is 0.287 bits per heavy atom. The van der Waals surface area contributed by atoms with Crippen LogP contribution in [-0.2, 0) is 65.4 Å². The van der Waals surface area contributed by atoms with Gasteiger partial charge < -0.3 is 33.8 Å². The summed E-state index contributed by atoms with van der Waals surface area (Å²) in [5.74, 6) is 0.175. The summed E-state index contributed by atoms with van der Waals surface area (Å²) >= 11 is 0. The molecule has 558 valence electrons. The lowest BCUT2D eigenvalue weighted by Crippen LogP contribution is -2.30. The molecule has 94 heavy (non-hydrogen) atoms. The highest BCUT2D eigenvalue weighted by atomic mass is 31.2. The molecule has 0 aromatic rings. The van der Waals surface area contributed by atoms with Gasteiger partial charge in [0.05, 0.1) is 26.4 Å². The van der Waals surface area contributed by atoms with Crippen LogP contribution in [0.1, 0.15) is 382 Å². The van der Waals surface area contributed by atoms with E-state index in [2.05, 4.69) is 48.5 Å². The van der Waals surface area contributed by atoms with Crippen LogP contribution in [0.5, 0.6) is 0 Å². The first-order chi connectivity index (χ1) is 45.2. The van der Waals surface area contributed by atoms with E-state index in [-0.39, 0.29) is 25.7 Å². The van der Waals surface area contributed by atoms with Gasteiger partial charge in [-0.3, -0.25) is 37.3 Å². The first kappa shape index (κ1) is 92.1. The van der Waals surface area contributed by atoms with E-state index in [4.69, 9.17) is 37.0 Å². The van der Waals surface area contributed by atoms with Crippen molar-refractivity contribution in [3.05, 3.63) is 0 Å². The second-order valence-corrected chi connectivity index (χ2v) is 31.4. The molecule has 17 nitrogen and oxygen atoms in total. The van der Waals surface area contributed by atoms with Crippen LogP contribution in [0, 0.1) is 17.8 Å². The summed E-state index contributed by atoms with van der Waals surface area (Å²) in [5, 5.41) is 10.6. The van der Waals surface area contributed by atoms with Gasteiger partial charge in [-0.2, -0.15) is 0 Å². The first-order valence-electron chi connectivity index (χ1n) is 38.8. The van der Waals surface area contributed by atoms with Gasteiger partial charge in [0.2, 0.25) is 0 Å². The molecule has 0 aliphatic carbocycles. The van der Waals surface area contributed by atoms with Crippen molar-refractivity contribution in [2.45, 2.75) is 401 Å². The lowest BCUT2D eigenvalue weighted by molar-refractivity contribution is -0.161. The number of unbranched alkanes of at least 4 members (excludes halogenated alkanes) is 41. The van der Waals surface area contributed by atoms with Crippen LogP contribution in [0.15, 0.2) is 0 Å². The lowest BCUT2D eigenvalue weighted by atomic mass is 10.0. The quantitative estimate of drug-likeness (QED) is 0.0222. The number of phosphoric ester groups is 2. The summed E-state index contributed by atoms with van der Waals surface area (Å²) in [5.41, 5.74) is 0. The number of rotatable bonds is 73.